The van der Waals surface area contributed by atoms with Crippen molar-refractivity contribution in [2.24, 2.45) is 0 Å². The largest absolute Gasteiger partial charge is 0.399 e. The number of ether oxygens (including phenoxy) is 1. The predicted molar refractivity (Wildman–Crippen MR) is 76.1 cm³/mol. The third-order valence-corrected chi connectivity index (χ3v) is 5.53. The average Bonchev–Trinajstić information content (AvgIpc) is 2.81. The summed E-state index contributed by atoms with van der Waals surface area (Å²) in [6.45, 7) is 0.793. The zero-order valence-electron chi connectivity index (χ0n) is 10.6. The molecule has 0 amide bonds. The van der Waals surface area contributed by atoms with Crippen LogP contribution in [0.1, 0.15) is 25.7 Å². The van der Waals surface area contributed by atoms with Gasteiger partial charge in [-0.1, -0.05) is 11.6 Å². The zero-order valence-corrected chi connectivity index (χ0v) is 12.2. The van der Waals surface area contributed by atoms with Crippen molar-refractivity contribution in [2.45, 2.75) is 36.7 Å². The second kappa shape index (κ2) is 6.11. The number of benzene rings is 1. The van der Waals surface area contributed by atoms with Crippen LogP contribution in [0.25, 0.3) is 0 Å². The van der Waals surface area contributed by atoms with Gasteiger partial charge in [0.2, 0.25) is 0 Å². The Labute approximate surface area is 118 Å². The van der Waals surface area contributed by atoms with E-state index in [1.165, 1.54) is 12.1 Å². The van der Waals surface area contributed by atoms with Crippen LogP contribution in [0.3, 0.4) is 0 Å². The smallest absolute Gasteiger partial charge is 0.179 e. The van der Waals surface area contributed by atoms with Gasteiger partial charge in [0.15, 0.2) is 9.84 Å². The maximum Gasteiger partial charge on any atom is 0.179 e. The quantitative estimate of drug-likeness (QED) is 0.849. The first-order chi connectivity index (χ1) is 8.99. The van der Waals surface area contributed by atoms with Gasteiger partial charge in [0.05, 0.1) is 21.8 Å². The summed E-state index contributed by atoms with van der Waals surface area (Å²) in [7, 11) is -3.34. The maximum absolute atomic E-state index is 12.2. The molecular formula is C13H18ClNO3S. The molecule has 19 heavy (non-hydrogen) atoms. The Bertz CT molecular complexity index is 539. The molecule has 1 aromatic rings. The molecule has 6 heteroatoms. The number of anilines is 1. The first-order valence-electron chi connectivity index (χ1n) is 6.38. The minimum absolute atomic E-state index is 0.0937. The van der Waals surface area contributed by atoms with Crippen LogP contribution in [0.5, 0.6) is 0 Å². The number of hydrogen-bond donors (Lipinski definition) is 1. The molecule has 0 radical (unpaired) electrons. The van der Waals surface area contributed by atoms with E-state index in [0.29, 0.717) is 12.1 Å². The summed E-state index contributed by atoms with van der Waals surface area (Å²) in [5.41, 5.74) is 6.02. The van der Waals surface area contributed by atoms with Crippen LogP contribution in [-0.2, 0) is 14.6 Å². The predicted octanol–water partition coefficient (Wildman–Crippen LogP) is 2.66. The molecule has 1 unspecified atom stereocenters. The van der Waals surface area contributed by atoms with Gasteiger partial charge in [0.25, 0.3) is 0 Å². The molecule has 106 valence electrons. The summed E-state index contributed by atoms with van der Waals surface area (Å²) in [6, 6.07) is 4.49. The number of nitrogens with two attached hydrogens (primary N) is 1. The summed E-state index contributed by atoms with van der Waals surface area (Å²) in [6.07, 6.45) is 3.70. The van der Waals surface area contributed by atoms with E-state index >= 15 is 0 Å². The van der Waals surface area contributed by atoms with Crippen LogP contribution in [0.15, 0.2) is 23.1 Å². The van der Waals surface area contributed by atoms with Crippen molar-refractivity contribution in [1.29, 1.82) is 0 Å². The van der Waals surface area contributed by atoms with E-state index in [2.05, 4.69) is 0 Å². The minimum Gasteiger partial charge on any atom is -0.399 e. The van der Waals surface area contributed by atoms with Crippen molar-refractivity contribution in [1.82, 2.24) is 0 Å². The lowest BCUT2D eigenvalue weighted by molar-refractivity contribution is 0.104. The van der Waals surface area contributed by atoms with Gasteiger partial charge in [-0.2, -0.15) is 0 Å². The lowest BCUT2D eigenvalue weighted by Gasteiger charge is -2.10. The van der Waals surface area contributed by atoms with E-state index in [1.54, 1.807) is 6.07 Å². The molecule has 1 heterocycles. The van der Waals surface area contributed by atoms with Crippen LogP contribution in [0, 0.1) is 0 Å². The number of rotatable bonds is 5. The molecule has 2 N–H and O–H groups in total. The molecule has 0 aliphatic carbocycles. The van der Waals surface area contributed by atoms with Crippen LogP contribution in [0.4, 0.5) is 5.69 Å². The van der Waals surface area contributed by atoms with E-state index in [0.717, 1.165) is 25.9 Å². The van der Waals surface area contributed by atoms with Gasteiger partial charge >= 0.3 is 0 Å². The lowest BCUT2D eigenvalue weighted by atomic mass is 10.1. The third kappa shape index (κ3) is 3.84. The molecule has 1 aromatic carbocycles. The van der Waals surface area contributed by atoms with Crippen molar-refractivity contribution in [3.8, 4) is 0 Å². The van der Waals surface area contributed by atoms with Crippen LogP contribution in [-0.4, -0.2) is 26.9 Å². The minimum atomic E-state index is -3.34. The van der Waals surface area contributed by atoms with Crippen molar-refractivity contribution in [2.75, 3.05) is 18.1 Å². The van der Waals surface area contributed by atoms with Crippen LogP contribution < -0.4 is 5.73 Å². The second-order valence-corrected chi connectivity index (χ2v) is 7.27. The van der Waals surface area contributed by atoms with Crippen molar-refractivity contribution in [3.63, 3.8) is 0 Å². The molecule has 4 nitrogen and oxygen atoms in total. The van der Waals surface area contributed by atoms with E-state index in [9.17, 15) is 8.42 Å². The lowest BCUT2D eigenvalue weighted by Crippen LogP contribution is -2.11. The van der Waals surface area contributed by atoms with E-state index in [4.69, 9.17) is 22.1 Å². The molecule has 1 fully saturated rings. The molecule has 0 bridgehead atoms. The Morgan fingerprint density at radius 2 is 2.21 bits per heavy atom. The first kappa shape index (κ1) is 14.6. The fourth-order valence-corrected chi connectivity index (χ4v) is 4.19. The van der Waals surface area contributed by atoms with Gasteiger partial charge in [-0.05, 0) is 43.9 Å². The highest BCUT2D eigenvalue weighted by Gasteiger charge is 2.20. The van der Waals surface area contributed by atoms with E-state index < -0.39 is 9.84 Å². The fraction of sp³-hybridized carbons (Fsp3) is 0.538. The second-order valence-electron chi connectivity index (χ2n) is 4.79. The molecular weight excluding hydrogens is 286 g/mol. The highest BCUT2D eigenvalue weighted by Crippen LogP contribution is 2.26. The van der Waals surface area contributed by atoms with Crippen LogP contribution in [0.2, 0.25) is 5.02 Å². The molecule has 1 aliphatic rings. The monoisotopic (exact) mass is 303 g/mol. The Kier molecular flexibility index (Phi) is 4.71. The summed E-state index contributed by atoms with van der Waals surface area (Å²) in [4.78, 5) is 0.163. The van der Waals surface area contributed by atoms with Crippen molar-refractivity contribution in [3.05, 3.63) is 23.2 Å². The number of halogens is 1. The van der Waals surface area contributed by atoms with E-state index in [1.807, 2.05) is 0 Å². The first-order valence-corrected chi connectivity index (χ1v) is 8.41. The topological polar surface area (TPSA) is 69.4 Å². The molecule has 2 rings (SSSR count). The molecule has 0 aromatic heterocycles. The van der Waals surface area contributed by atoms with Gasteiger partial charge in [-0.25, -0.2) is 8.42 Å². The number of hydrogen-bond acceptors (Lipinski definition) is 4. The number of nitrogen functional groups attached to an aromatic ring is 1. The molecule has 0 spiro atoms. The highest BCUT2D eigenvalue weighted by molar-refractivity contribution is 7.91. The third-order valence-electron chi connectivity index (χ3n) is 3.25. The average molecular weight is 304 g/mol. The molecule has 1 atom stereocenters. The fourth-order valence-electron chi connectivity index (χ4n) is 2.25. The molecule has 1 aliphatic heterocycles. The van der Waals surface area contributed by atoms with Gasteiger partial charge in [0.1, 0.15) is 0 Å². The Balaban J connectivity index is 1.97. The summed E-state index contributed by atoms with van der Waals surface area (Å²) in [5, 5.41) is 0.192. The van der Waals surface area contributed by atoms with Gasteiger partial charge in [0, 0.05) is 12.3 Å². The van der Waals surface area contributed by atoms with Gasteiger partial charge < -0.3 is 10.5 Å². The van der Waals surface area contributed by atoms with Gasteiger partial charge in [-0.3, -0.25) is 0 Å². The Hall–Kier alpha value is -0.780. The Morgan fingerprint density at radius 3 is 2.84 bits per heavy atom. The molecule has 0 saturated carbocycles. The van der Waals surface area contributed by atoms with Crippen molar-refractivity contribution < 1.29 is 13.2 Å². The Morgan fingerprint density at radius 1 is 1.42 bits per heavy atom. The zero-order chi connectivity index (χ0) is 13.9. The summed E-state index contributed by atoms with van der Waals surface area (Å²) < 4.78 is 29.8. The molecule has 1 saturated heterocycles. The van der Waals surface area contributed by atoms with Gasteiger partial charge in [-0.15, -0.1) is 0 Å². The number of sulfone groups is 1. The maximum atomic E-state index is 12.2. The van der Waals surface area contributed by atoms with Crippen molar-refractivity contribution >= 4 is 27.1 Å². The SMILES string of the molecule is Nc1ccc(S(=O)(=O)CCCC2CCCO2)c(Cl)c1. The van der Waals surface area contributed by atoms with Crippen LogP contribution >= 0.6 is 11.6 Å². The standard InChI is InChI=1S/C13H18ClNO3S/c14-12-9-10(15)5-6-13(12)19(16,17)8-2-4-11-3-1-7-18-11/h5-6,9,11H,1-4,7-8,15H2. The highest BCUT2D eigenvalue weighted by atomic mass is 35.5. The normalized spacial score (nSPS) is 19.7. The summed E-state index contributed by atoms with van der Waals surface area (Å²) in [5.74, 6) is 0.0937. The summed E-state index contributed by atoms with van der Waals surface area (Å²) >= 11 is 5.94. The van der Waals surface area contributed by atoms with E-state index in [-0.39, 0.29) is 21.8 Å².